The number of halogens is 1. The summed E-state index contributed by atoms with van der Waals surface area (Å²) in [6.45, 7) is 4.61. The fourth-order valence-electron chi connectivity index (χ4n) is 2.86. The SMILES string of the molecule is CC(C)c1ccc(Cn2cc(C(=O)O)c(=O)c3cc(F)ccc32)cc1. The summed E-state index contributed by atoms with van der Waals surface area (Å²) in [7, 11) is 0. The van der Waals surface area contributed by atoms with E-state index in [0.29, 0.717) is 18.0 Å². The Kier molecular flexibility index (Phi) is 4.40. The molecule has 4 nitrogen and oxygen atoms in total. The van der Waals surface area contributed by atoms with E-state index in [1.165, 1.54) is 23.9 Å². The first-order valence-corrected chi connectivity index (χ1v) is 8.01. The highest BCUT2D eigenvalue weighted by Crippen LogP contribution is 2.18. The standard InChI is InChI=1S/C20H18FNO3/c1-12(2)14-5-3-13(4-6-14)10-22-11-17(20(24)25)19(23)16-9-15(21)7-8-18(16)22/h3-9,11-12H,10H2,1-2H3,(H,24,25). The Morgan fingerprint density at radius 1 is 1.16 bits per heavy atom. The Bertz CT molecular complexity index is 1000. The van der Waals surface area contributed by atoms with Crippen LogP contribution in [0.1, 0.15) is 41.3 Å². The lowest BCUT2D eigenvalue weighted by Crippen LogP contribution is -2.19. The normalized spacial score (nSPS) is 11.2. The maximum atomic E-state index is 13.5. The van der Waals surface area contributed by atoms with E-state index in [1.54, 1.807) is 4.57 Å². The van der Waals surface area contributed by atoms with E-state index in [1.807, 2.05) is 24.3 Å². The van der Waals surface area contributed by atoms with Crippen LogP contribution >= 0.6 is 0 Å². The molecule has 0 bridgehead atoms. The second-order valence-corrected chi connectivity index (χ2v) is 6.36. The summed E-state index contributed by atoms with van der Waals surface area (Å²) in [5, 5.41) is 9.34. The zero-order chi connectivity index (χ0) is 18.1. The van der Waals surface area contributed by atoms with Crippen LogP contribution in [0.5, 0.6) is 0 Å². The fraction of sp³-hybridized carbons (Fsp3) is 0.200. The van der Waals surface area contributed by atoms with Crippen LogP contribution in [-0.4, -0.2) is 15.6 Å². The lowest BCUT2D eigenvalue weighted by atomic mass is 10.0. The van der Waals surface area contributed by atoms with E-state index in [4.69, 9.17) is 0 Å². The number of benzene rings is 2. The van der Waals surface area contributed by atoms with Crippen LogP contribution in [-0.2, 0) is 6.54 Å². The lowest BCUT2D eigenvalue weighted by molar-refractivity contribution is 0.0695. The van der Waals surface area contributed by atoms with Gasteiger partial charge in [0.2, 0.25) is 5.43 Å². The number of carboxylic acid groups (broad SMARTS) is 1. The van der Waals surface area contributed by atoms with Gasteiger partial charge in [0.15, 0.2) is 0 Å². The Morgan fingerprint density at radius 3 is 2.44 bits per heavy atom. The zero-order valence-electron chi connectivity index (χ0n) is 14.0. The first-order valence-electron chi connectivity index (χ1n) is 8.01. The molecule has 0 aliphatic carbocycles. The van der Waals surface area contributed by atoms with Crippen molar-refractivity contribution in [1.29, 1.82) is 0 Å². The van der Waals surface area contributed by atoms with Gasteiger partial charge in [-0.1, -0.05) is 38.1 Å². The minimum absolute atomic E-state index is 0.0682. The second kappa shape index (κ2) is 6.51. The molecule has 1 N–H and O–H groups in total. The molecule has 3 aromatic rings. The first kappa shape index (κ1) is 16.9. The summed E-state index contributed by atoms with van der Waals surface area (Å²) < 4.78 is 15.2. The van der Waals surface area contributed by atoms with Gasteiger partial charge in [0.1, 0.15) is 11.4 Å². The topological polar surface area (TPSA) is 59.3 Å². The fourth-order valence-corrected chi connectivity index (χ4v) is 2.86. The third-order valence-electron chi connectivity index (χ3n) is 4.27. The highest BCUT2D eigenvalue weighted by molar-refractivity contribution is 5.92. The zero-order valence-corrected chi connectivity index (χ0v) is 14.0. The minimum Gasteiger partial charge on any atom is -0.477 e. The number of aromatic carboxylic acids is 1. The highest BCUT2D eigenvalue weighted by atomic mass is 19.1. The number of carbonyl (C=O) groups is 1. The van der Waals surface area contributed by atoms with Crippen molar-refractivity contribution in [2.75, 3.05) is 0 Å². The Balaban J connectivity index is 2.13. The predicted molar refractivity (Wildman–Crippen MR) is 94.8 cm³/mol. The van der Waals surface area contributed by atoms with Crippen LogP contribution in [0.2, 0.25) is 0 Å². The number of fused-ring (bicyclic) bond motifs is 1. The Labute approximate surface area is 144 Å². The van der Waals surface area contributed by atoms with Crippen molar-refractivity contribution < 1.29 is 14.3 Å². The summed E-state index contributed by atoms with van der Waals surface area (Å²) in [4.78, 5) is 23.7. The number of carboxylic acids is 1. The average Bonchev–Trinajstić information content (AvgIpc) is 2.57. The molecule has 0 amide bonds. The third kappa shape index (κ3) is 3.31. The van der Waals surface area contributed by atoms with Crippen LogP contribution in [0.15, 0.2) is 53.5 Å². The largest absolute Gasteiger partial charge is 0.477 e. The molecule has 128 valence electrons. The molecular weight excluding hydrogens is 321 g/mol. The van der Waals surface area contributed by atoms with E-state index >= 15 is 0 Å². The van der Waals surface area contributed by atoms with Crippen LogP contribution in [0, 0.1) is 5.82 Å². The van der Waals surface area contributed by atoms with Crippen molar-refractivity contribution in [3.8, 4) is 0 Å². The van der Waals surface area contributed by atoms with Gasteiger partial charge in [-0.3, -0.25) is 4.79 Å². The number of rotatable bonds is 4. The molecule has 3 rings (SSSR count). The summed E-state index contributed by atoms with van der Waals surface area (Å²) >= 11 is 0. The van der Waals surface area contributed by atoms with Crippen molar-refractivity contribution in [2.45, 2.75) is 26.3 Å². The molecule has 1 aromatic heterocycles. The maximum Gasteiger partial charge on any atom is 0.341 e. The Hall–Kier alpha value is -2.95. The second-order valence-electron chi connectivity index (χ2n) is 6.36. The average molecular weight is 339 g/mol. The van der Waals surface area contributed by atoms with E-state index in [9.17, 15) is 19.1 Å². The van der Waals surface area contributed by atoms with E-state index in [0.717, 1.165) is 11.6 Å². The van der Waals surface area contributed by atoms with E-state index in [-0.39, 0.29) is 10.9 Å². The molecule has 0 aliphatic heterocycles. The van der Waals surface area contributed by atoms with Gasteiger partial charge >= 0.3 is 5.97 Å². The molecule has 0 saturated heterocycles. The molecule has 5 heteroatoms. The number of nitrogens with zero attached hydrogens (tertiary/aromatic N) is 1. The summed E-state index contributed by atoms with van der Waals surface area (Å²) in [5.41, 5.74) is 1.64. The number of pyridine rings is 1. The van der Waals surface area contributed by atoms with Crippen molar-refractivity contribution >= 4 is 16.9 Å². The summed E-state index contributed by atoms with van der Waals surface area (Å²) in [6, 6.07) is 11.9. The molecule has 2 aromatic carbocycles. The monoisotopic (exact) mass is 339 g/mol. The van der Waals surface area contributed by atoms with E-state index < -0.39 is 17.2 Å². The lowest BCUT2D eigenvalue weighted by Gasteiger charge is -2.13. The molecule has 1 heterocycles. The van der Waals surface area contributed by atoms with Crippen LogP contribution in [0.3, 0.4) is 0 Å². The molecular formula is C20H18FNO3. The summed E-state index contributed by atoms with van der Waals surface area (Å²) in [5.74, 6) is -1.47. The first-order chi connectivity index (χ1) is 11.9. The molecule has 0 spiro atoms. The van der Waals surface area contributed by atoms with Gasteiger partial charge in [-0.2, -0.15) is 0 Å². The molecule has 0 unspecified atom stereocenters. The minimum atomic E-state index is -1.32. The van der Waals surface area contributed by atoms with Crippen molar-refractivity contribution in [1.82, 2.24) is 4.57 Å². The van der Waals surface area contributed by atoms with Gasteiger partial charge in [-0.25, -0.2) is 9.18 Å². The van der Waals surface area contributed by atoms with Crippen molar-refractivity contribution in [3.63, 3.8) is 0 Å². The Morgan fingerprint density at radius 2 is 1.84 bits per heavy atom. The van der Waals surface area contributed by atoms with Gasteiger partial charge in [0.05, 0.1) is 5.52 Å². The van der Waals surface area contributed by atoms with E-state index in [2.05, 4.69) is 13.8 Å². The van der Waals surface area contributed by atoms with Gasteiger partial charge in [-0.05, 0) is 35.2 Å². The molecule has 0 fully saturated rings. The quantitative estimate of drug-likeness (QED) is 0.781. The van der Waals surface area contributed by atoms with Crippen LogP contribution in [0.4, 0.5) is 4.39 Å². The smallest absolute Gasteiger partial charge is 0.341 e. The van der Waals surface area contributed by atoms with Gasteiger partial charge in [0.25, 0.3) is 0 Å². The maximum absolute atomic E-state index is 13.5. The van der Waals surface area contributed by atoms with Gasteiger partial charge in [-0.15, -0.1) is 0 Å². The molecule has 25 heavy (non-hydrogen) atoms. The highest BCUT2D eigenvalue weighted by Gasteiger charge is 2.15. The van der Waals surface area contributed by atoms with Crippen LogP contribution < -0.4 is 5.43 Å². The summed E-state index contributed by atoms with van der Waals surface area (Å²) in [6.07, 6.45) is 1.32. The molecule has 0 radical (unpaired) electrons. The van der Waals surface area contributed by atoms with Crippen LogP contribution in [0.25, 0.3) is 10.9 Å². The number of aromatic nitrogens is 1. The number of hydrogen-bond acceptors (Lipinski definition) is 2. The predicted octanol–water partition coefficient (Wildman–Crippen LogP) is 4.01. The molecule has 0 saturated carbocycles. The van der Waals surface area contributed by atoms with Crippen molar-refractivity contribution in [3.05, 3.63) is 81.4 Å². The van der Waals surface area contributed by atoms with Gasteiger partial charge < -0.3 is 9.67 Å². The third-order valence-corrected chi connectivity index (χ3v) is 4.27. The van der Waals surface area contributed by atoms with Gasteiger partial charge in [0, 0.05) is 18.1 Å². The molecule has 0 atom stereocenters. The molecule has 0 aliphatic rings. The number of hydrogen-bond donors (Lipinski definition) is 1. The van der Waals surface area contributed by atoms with Crippen molar-refractivity contribution in [2.24, 2.45) is 0 Å².